The summed E-state index contributed by atoms with van der Waals surface area (Å²) in [5, 5.41) is 3.81. The van der Waals surface area contributed by atoms with Gasteiger partial charge in [0.2, 0.25) is 5.91 Å². The number of hydrogen-bond donors (Lipinski definition) is 1. The van der Waals surface area contributed by atoms with Crippen molar-refractivity contribution in [1.82, 2.24) is 5.43 Å². The van der Waals surface area contributed by atoms with Gasteiger partial charge >= 0.3 is 5.97 Å². The highest BCUT2D eigenvalue weighted by Gasteiger charge is 2.56. The molecule has 2 amide bonds. The summed E-state index contributed by atoms with van der Waals surface area (Å²) in [6.07, 6.45) is 0. The smallest absolute Gasteiger partial charge is 0.355 e. The summed E-state index contributed by atoms with van der Waals surface area (Å²) in [7, 11) is 2.90. The van der Waals surface area contributed by atoms with E-state index in [1.54, 1.807) is 19.1 Å². The van der Waals surface area contributed by atoms with Crippen molar-refractivity contribution >= 4 is 29.2 Å². The van der Waals surface area contributed by atoms with E-state index in [-0.39, 0.29) is 18.0 Å². The molecule has 1 aromatic carbocycles. The number of hydrogen-bond acceptors (Lipinski definition) is 8. The molecule has 1 aromatic rings. The maximum atomic E-state index is 12.9. The van der Waals surface area contributed by atoms with Crippen LogP contribution in [0.15, 0.2) is 23.3 Å². The molecule has 0 aliphatic carbocycles. The number of hydrazone groups is 1. The van der Waals surface area contributed by atoms with E-state index in [9.17, 15) is 14.4 Å². The average Bonchev–Trinajstić information content (AvgIpc) is 3.15. The fourth-order valence-electron chi connectivity index (χ4n) is 2.87. The van der Waals surface area contributed by atoms with Gasteiger partial charge in [-0.05, 0) is 19.1 Å². The average molecular weight is 347 g/mol. The number of carbonyl (C=O) groups excluding carboxylic acids is 3. The van der Waals surface area contributed by atoms with Gasteiger partial charge < -0.3 is 14.2 Å². The van der Waals surface area contributed by atoms with E-state index >= 15 is 0 Å². The van der Waals surface area contributed by atoms with E-state index in [0.717, 1.165) is 4.90 Å². The normalized spacial score (nSPS) is 21.6. The molecule has 25 heavy (non-hydrogen) atoms. The molecule has 1 fully saturated rings. The Kier molecular flexibility index (Phi) is 4.30. The van der Waals surface area contributed by atoms with Crippen molar-refractivity contribution in [2.45, 2.75) is 13.0 Å². The van der Waals surface area contributed by atoms with Gasteiger partial charge in [0.05, 0.1) is 26.5 Å². The Morgan fingerprint density at radius 2 is 2.00 bits per heavy atom. The van der Waals surface area contributed by atoms with Crippen LogP contribution in [0, 0.1) is 5.92 Å². The molecule has 0 spiro atoms. The van der Waals surface area contributed by atoms with Crippen LogP contribution >= 0.6 is 0 Å². The number of imide groups is 1. The number of carbonyl (C=O) groups is 3. The second-order valence-electron chi connectivity index (χ2n) is 5.35. The van der Waals surface area contributed by atoms with Crippen LogP contribution in [0.2, 0.25) is 0 Å². The van der Waals surface area contributed by atoms with Gasteiger partial charge in [-0.1, -0.05) is 0 Å². The minimum Gasteiger partial charge on any atom is -0.497 e. The number of rotatable bonds is 5. The Balaban J connectivity index is 1.99. The number of fused-ring (bicyclic) bond motifs is 1. The first-order valence-corrected chi connectivity index (χ1v) is 7.63. The van der Waals surface area contributed by atoms with E-state index in [1.807, 2.05) is 0 Å². The van der Waals surface area contributed by atoms with Gasteiger partial charge in [-0.2, -0.15) is 5.10 Å². The lowest BCUT2D eigenvalue weighted by atomic mass is 9.99. The zero-order chi connectivity index (χ0) is 18.1. The first-order chi connectivity index (χ1) is 12.0. The lowest BCUT2D eigenvalue weighted by Gasteiger charge is -2.19. The van der Waals surface area contributed by atoms with Gasteiger partial charge in [0.1, 0.15) is 23.5 Å². The Morgan fingerprint density at radius 3 is 2.64 bits per heavy atom. The molecule has 2 aliphatic rings. The van der Waals surface area contributed by atoms with Crippen LogP contribution < -0.4 is 19.8 Å². The summed E-state index contributed by atoms with van der Waals surface area (Å²) in [5.74, 6) is -2.05. The Bertz CT molecular complexity index is 775. The van der Waals surface area contributed by atoms with Gasteiger partial charge in [0.15, 0.2) is 5.71 Å². The number of esters is 1. The molecule has 0 bridgehead atoms. The third kappa shape index (κ3) is 2.57. The maximum Gasteiger partial charge on any atom is 0.355 e. The van der Waals surface area contributed by atoms with Crippen LogP contribution in [0.1, 0.15) is 6.92 Å². The summed E-state index contributed by atoms with van der Waals surface area (Å²) in [5.41, 5.74) is 2.70. The second kappa shape index (κ2) is 6.42. The molecule has 0 aromatic heterocycles. The van der Waals surface area contributed by atoms with Crippen molar-refractivity contribution < 1.29 is 28.6 Å². The Morgan fingerprint density at radius 1 is 1.24 bits per heavy atom. The van der Waals surface area contributed by atoms with Crippen LogP contribution in [-0.4, -0.2) is 50.4 Å². The van der Waals surface area contributed by atoms with Gasteiger partial charge in [0.25, 0.3) is 5.91 Å². The minimum atomic E-state index is -1.03. The topological polar surface area (TPSA) is 107 Å². The third-order valence-electron chi connectivity index (χ3n) is 4.04. The molecule has 2 heterocycles. The van der Waals surface area contributed by atoms with Crippen molar-refractivity contribution in [2.24, 2.45) is 11.0 Å². The summed E-state index contributed by atoms with van der Waals surface area (Å²) >= 11 is 0. The number of anilines is 1. The highest BCUT2D eigenvalue weighted by molar-refractivity contribution is 6.46. The standard InChI is InChI=1S/C16H17N3O6/c1-4-25-16(22)13-11-12(17-18-13)15(21)19(14(11)20)9-7-8(23-2)5-6-10(9)24-3/h5-7,11-12,17H,4H2,1-3H3/t11-,12+/m0/s1. The van der Waals surface area contributed by atoms with Crippen molar-refractivity contribution in [2.75, 3.05) is 25.7 Å². The molecule has 132 valence electrons. The lowest BCUT2D eigenvalue weighted by molar-refractivity contribution is -0.136. The first-order valence-electron chi connectivity index (χ1n) is 7.63. The predicted molar refractivity (Wildman–Crippen MR) is 86.5 cm³/mol. The zero-order valence-electron chi connectivity index (χ0n) is 13.9. The summed E-state index contributed by atoms with van der Waals surface area (Å²) in [6.45, 7) is 1.79. The Labute approximate surface area is 143 Å². The molecule has 1 N–H and O–H groups in total. The molecular formula is C16H17N3O6. The summed E-state index contributed by atoms with van der Waals surface area (Å²) < 4.78 is 15.3. The van der Waals surface area contributed by atoms with Crippen molar-refractivity contribution in [3.63, 3.8) is 0 Å². The first kappa shape index (κ1) is 16.7. The van der Waals surface area contributed by atoms with Gasteiger partial charge in [0, 0.05) is 6.07 Å². The largest absolute Gasteiger partial charge is 0.497 e. The maximum absolute atomic E-state index is 12.9. The lowest BCUT2D eigenvalue weighted by Crippen LogP contribution is -2.36. The van der Waals surface area contributed by atoms with Crippen molar-refractivity contribution in [1.29, 1.82) is 0 Å². The third-order valence-corrected chi connectivity index (χ3v) is 4.04. The summed E-state index contributed by atoms with van der Waals surface area (Å²) in [6, 6.07) is 3.83. The van der Waals surface area contributed by atoms with Crippen molar-refractivity contribution in [3.05, 3.63) is 18.2 Å². The fraction of sp³-hybridized carbons (Fsp3) is 0.375. The molecule has 2 aliphatic heterocycles. The number of nitrogens with zero attached hydrogens (tertiary/aromatic N) is 2. The minimum absolute atomic E-state index is 0.102. The molecule has 9 nitrogen and oxygen atoms in total. The zero-order valence-corrected chi connectivity index (χ0v) is 13.9. The summed E-state index contributed by atoms with van der Waals surface area (Å²) in [4.78, 5) is 38.5. The van der Waals surface area contributed by atoms with E-state index in [1.165, 1.54) is 20.3 Å². The second-order valence-corrected chi connectivity index (χ2v) is 5.35. The van der Waals surface area contributed by atoms with Crippen LogP contribution in [0.3, 0.4) is 0 Å². The fourth-order valence-corrected chi connectivity index (χ4v) is 2.87. The molecule has 0 radical (unpaired) electrons. The van der Waals surface area contributed by atoms with E-state index in [0.29, 0.717) is 11.5 Å². The van der Waals surface area contributed by atoms with Crippen LogP contribution in [0.25, 0.3) is 0 Å². The van der Waals surface area contributed by atoms with E-state index < -0.39 is 29.7 Å². The van der Waals surface area contributed by atoms with Gasteiger partial charge in [-0.3, -0.25) is 15.0 Å². The molecule has 2 atom stereocenters. The number of amides is 2. The Hall–Kier alpha value is -3.10. The highest BCUT2D eigenvalue weighted by Crippen LogP contribution is 2.38. The van der Waals surface area contributed by atoms with Crippen LogP contribution in [0.5, 0.6) is 11.5 Å². The van der Waals surface area contributed by atoms with E-state index in [2.05, 4.69) is 10.5 Å². The predicted octanol–water partition coefficient (Wildman–Crippen LogP) is 0.0841. The molecule has 1 saturated heterocycles. The number of methoxy groups -OCH3 is 2. The van der Waals surface area contributed by atoms with Crippen molar-refractivity contribution in [3.8, 4) is 11.5 Å². The monoisotopic (exact) mass is 347 g/mol. The van der Waals surface area contributed by atoms with E-state index in [4.69, 9.17) is 14.2 Å². The van der Waals surface area contributed by atoms with Crippen LogP contribution in [0.4, 0.5) is 5.69 Å². The number of nitrogens with one attached hydrogen (secondary N) is 1. The molecular weight excluding hydrogens is 330 g/mol. The number of ether oxygens (including phenoxy) is 3. The number of benzene rings is 1. The molecule has 0 unspecified atom stereocenters. The molecule has 3 rings (SSSR count). The highest BCUT2D eigenvalue weighted by atomic mass is 16.5. The SMILES string of the molecule is CCOC(=O)C1=NN[C@H]2C(=O)N(c3cc(OC)ccc3OC)C(=O)[C@H]12. The van der Waals surface area contributed by atoms with Gasteiger partial charge in [-0.25, -0.2) is 9.69 Å². The quantitative estimate of drug-likeness (QED) is 0.594. The molecule has 9 heteroatoms. The molecule has 0 saturated carbocycles. The van der Waals surface area contributed by atoms with Crippen LogP contribution in [-0.2, 0) is 19.1 Å². The van der Waals surface area contributed by atoms with Gasteiger partial charge in [-0.15, -0.1) is 0 Å².